The van der Waals surface area contributed by atoms with E-state index in [9.17, 15) is 4.39 Å². The highest BCUT2D eigenvalue weighted by Gasteiger charge is 2.22. The summed E-state index contributed by atoms with van der Waals surface area (Å²) in [6.07, 6.45) is 0. The van der Waals surface area contributed by atoms with Crippen molar-refractivity contribution in [2.75, 3.05) is 24.2 Å². The molecule has 0 spiro atoms. The molecule has 2 aromatic rings. The van der Waals surface area contributed by atoms with Crippen LogP contribution in [0.25, 0.3) is 0 Å². The molecule has 0 aliphatic carbocycles. The predicted octanol–water partition coefficient (Wildman–Crippen LogP) is 3.82. The lowest BCUT2D eigenvalue weighted by atomic mass is 9.84. The highest BCUT2D eigenvalue weighted by atomic mass is 19.1. The second kappa shape index (κ2) is 5.53. The highest BCUT2D eigenvalue weighted by Crippen LogP contribution is 2.27. The van der Waals surface area contributed by atoms with Gasteiger partial charge in [0.1, 0.15) is 5.82 Å². The van der Waals surface area contributed by atoms with E-state index in [1.165, 1.54) is 17.7 Å². The van der Waals surface area contributed by atoms with Crippen LogP contribution in [0.5, 0.6) is 0 Å². The lowest BCUT2D eigenvalue weighted by Gasteiger charge is -2.32. The Morgan fingerprint density at radius 1 is 1.00 bits per heavy atom. The molecule has 0 unspecified atom stereocenters. The maximum atomic E-state index is 13.0. The van der Waals surface area contributed by atoms with Gasteiger partial charge in [0.05, 0.1) is 0 Å². The normalized spacial score (nSPS) is 11.4. The summed E-state index contributed by atoms with van der Waals surface area (Å²) >= 11 is 0. The van der Waals surface area contributed by atoms with Crippen molar-refractivity contribution in [3.05, 3.63) is 59.9 Å². The van der Waals surface area contributed by atoms with Gasteiger partial charge in [-0.1, -0.05) is 26.0 Å². The number of rotatable bonds is 4. The molecule has 0 saturated carbocycles. The van der Waals surface area contributed by atoms with Crippen molar-refractivity contribution in [2.45, 2.75) is 19.3 Å². The van der Waals surface area contributed by atoms with Crippen LogP contribution in [0, 0.1) is 5.82 Å². The molecule has 0 amide bonds. The van der Waals surface area contributed by atoms with Crippen LogP contribution in [0.1, 0.15) is 19.4 Å². The molecular formula is C17H21FN2. The average molecular weight is 272 g/mol. The second-order valence-electron chi connectivity index (χ2n) is 5.84. The minimum atomic E-state index is -0.208. The van der Waals surface area contributed by atoms with E-state index in [0.29, 0.717) is 0 Å². The maximum absolute atomic E-state index is 13.0. The third-order valence-corrected chi connectivity index (χ3v) is 3.59. The van der Waals surface area contributed by atoms with Gasteiger partial charge in [-0.25, -0.2) is 4.39 Å². The molecule has 3 heteroatoms. The fourth-order valence-corrected chi connectivity index (χ4v) is 2.41. The Balaban J connectivity index is 2.14. The van der Waals surface area contributed by atoms with Gasteiger partial charge >= 0.3 is 0 Å². The van der Waals surface area contributed by atoms with Crippen molar-refractivity contribution < 1.29 is 4.39 Å². The highest BCUT2D eigenvalue weighted by molar-refractivity contribution is 5.47. The molecule has 0 aromatic heterocycles. The fourth-order valence-electron chi connectivity index (χ4n) is 2.41. The number of benzene rings is 2. The van der Waals surface area contributed by atoms with E-state index in [1.54, 1.807) is 12.1 Å². The first-order valence-corrected chi connectivity index (χ1v) is 6.71. The molecule has 0 radical (unpaired) electrons. The van der Waals surface area contributed by atoms with Crippen molar-refractivity contribution in [1.82, 2.24) is 0 Å². The van der Waals surface area contributed by atoms with Crippen LogP contribution in [0.4, 0.5) is 15.8 Å². The van der Waals surface area contributed by atoms with Gasteiger partial charge in [-0.2, -0.15) is 0 Å². The van der Waals surface area contributed by atoms with Crippen LogP contribution in [0.2, 0.25) is 0 Å². The van der Waals surface area contributed by atoms with E-state index >= 15 is 0 Å². The smallest absolute Gasteiger partial charge is 0.123 e. The Morgan fingerprint density at radius 2 is 1.55 bits per heavy atom. The van der Waals surface area contributed by atoms with Crippen molar-refractivity contribution in [2.24, 2.45) is 0 Å². The number of halogens is 1. The minimum Gasteiger partial charge on any atom is -0.399 e. The molecular weight excluding hydrogens is 251 g/mol. The molecule has 2 N–H and O–H groups in total. The number of anilines is 2. The number of nitrogen functional groups attached to an aromatic ring is 1. The molecule has 2 rings (SSSR count). The Hall–Kier alpha value is -2.03. The second-order valence-corrected chi connectivity index (χ2v) is 5.84. The van der Waals surface area contributed by atoms with E-state index < -0.39 is 0 Å². The zero-order chi connectivity index (χ0) is 14.8. The molecule has 0 aliphatic heterocycles. The van der Waals surface area contributed by atoms with Gasteiger partial charge in [0.25, 0.3) is 0 Å². The molecule has 20 heavy (non-hydrogen) atoms. The molecule has 2 aromatic carbocycles. The topological polar surface area (TPSA) is 29.3 Å². The first-order valence-electron chi connectivity index (χ1n) is 6.71. The van der Waals surface area contributed by atoms with E-state index in [4.69, 9.17) is 5.73 Å². The standard InChI is InChI=1S/C17H21FN2/c1-17(2,13-4-8-15(19)9-5-13)12-20(3)16-10-6-14(18)7-11-16/h4-11H,12,19H2,1-3H3. The summed E-state index contributed by atoms with van der Waals surface area (Å²) in [6.45, 7) is 5.22. The summed E-state index contributed by atoms with van der Waals surface area (Å²) in [6, 6.07) is 14.6. The zero-order valence-electron chi connectivity index (χ0n) is 12.2. The van der Waals surface area contributed by atoms with E-state index in [0.717, 1.165) is 17.9 Å². The van der Waals surface area contributed by atoms with Crippen LogP contribution in [0.3, 0.4) is 0 Å². The third-order valence-electron chi connectivity index (χ3n) is 3.59. The maximum Gasteiger partial charge on any atom is 0.123 e. The summed E-state index contributed by atoms with van der Waals surface area (Å²) in [4.78, 5) is 2.13. The Kier molecular flexibility index (Phi) is 3.98. The SMILES string of the molecule is CN(CC(C)(C)c1ccc(N)cc1)c1ccc(F)cc1. The lowest BCUT2D eigenvalue weighted by Crippen LogP contribution is -2.34. The predicted molar refractivity (Wildman–Crippen MR) is 83.6 cm³/mol. The molecule has 0 bridgehead atoms. The monoisotopic (exact) mass is 272 g/mol. The van der Waals surface area contributed by atoms with Crippen molar-refractivity contribution in [3.8, 4) is 0 Å². The van der Waals surface area contributed by atoms with Gasteiger partial charge in [-0.3, -0.25) is 0 Å². The van der Waals surface area contributed by atoms with Gasteiger partial charge in [0.2, 0.25) is 0 Å². The quantitative estimate of drug-likeness (QED) is 0.857. The van der Waals surface area contributed by atoms with Crippen molar-refractivity contribution in [3.63, 3.8) is 0 Å². The van der Waals surface area contributed by atoms with Gasteiger partial charge in [-0.15, -0.1) is 0 Å². The van der Waals surface area contributed by atoms with Gasteiger partial charge in [0.15, 0.2) is 0 Å². The number of nitrogens with two attached hydrogens (primary N) is 1. The van der Waals surface area contributed by atoms with Gasteiger partial charge in [0, 0.05) is 30.4 Å². The largest absolute Gasteiger partial charge is 0.399 e. The van der Waals surface area contributed by atoms with Crippen LogP contribution < -0.4 is 10.6 Å². The number of hydrogen-bond acceptors (Lipinski definition) is 2. The summed E-state index contributed by atoms with van der Waals surface area (Å²) in [5.74, 6) is -0.208. The average Bonchev–Trinajstić information content (AvgIpc) is 2.39. The molecule has 0 aliphatic rings. The molecule has 0 saturated heterocycles. The van der Waals surface area contributed by atoms with Crippen molar-refractivity contribution >= 4 is 11.4 Å². The number of hydrogen-bond donors (Lipinski definition) is 1. The lowest BCUT2D eigenvalue weighted by molar-refractivity contribution is 0.524. The zero-order valence-corrected chi connectivity index (χ0v) is 12.2. The van der Waals surface area contributed by atoms with E-state index in [1.807, 2.05) is 19.2 Å². The first kappa shape index (κ1) is 14.4. The molecule has 106 valence electrons. The first-order chi connectivity index (χ1) is 9.38. The van der Waals surface area contributed by atoms with E-state index in [-0.39, 0.29) is 11.2 Å². The van der Waals surface area contributed by atoms with E-state index in [2.05, 4.69) is 30.9 Å². The Morgan fingerprint density at radius 3 is 2.10 bits per heavy atom. The number of likely N-dealkylation sites (N-methyl/N-ethyl adjacent to an activating group) is 1. The Labute approximate surface area is 120 Å². The number of nitrogens with zero attached hydrogens (tertiary/aromatic N) is 1. The van der Waals surface area contributed by atoms with Crippen molar-refractivity contribution in [1.29, 1.82) is 0 Å². The summed E-state index contributed by atoms with van der Waals surface area (Å²) in [7, 11) is 2.02. The van der Waals surface area contributed by atoms with Crippen LogP contribution in [0.15, 0.2) is 48.5 Å². The molecule has 2 nitrogen and oxygen atoms in total. The summed E-state index contributed by atoms with van der Waals surface area (Å²) in [5, 5.41) is 0. The molecule has 0 atom stereocenters. The van der Waals surface area contributed by atoms with Gasteiger partial charge in [-0.05, 0) is 42.0 Å². The summed E-state index contributed by atoms with van der Waals surface area (Å²) < 4.78 is 13.0. The van der Waals surface area contributed by atoms with Crippen LogP contribution >= 0.6 is 0 Å². The Bertz CT molecular complexity index is 559. The van der Waals surface area contributed by atoms with Crippen LogP contribution in [-0.4, -0.2) is 13.6 Å². The van der Waals surface area contributed by atoms with Gasteiger partial charge < -0.3 is 10.6 Å². The molecule has 0 heterocycles. The van der Waals surface area contributed by atoms with Crippen LogP contribution in [-0.2, 0) is 5.41 Å². The molecule has 0 fully saturated rings. The minimum absolute atomic E-state index is 0.0170. The fraction of sp³-hybridized carbons (Fsp3) is 0.294. The third kappa shape index (κ3) is 3.29. The summed E-state index contributed by atoms with van der Waals surface area (Å²) in [5.41, 5.74) is 8.73.